The Kier molecular flexibility index (Phi) is 3.18. The highest BCUT2D eigenvalue weighted by Gasteiger charge is 2.05. The van der Waals surface area contributed by atoms with Crippen molar-refractivity contribution in [2.24, 2.45) is 0 Å². The van der Waals surface area contributed by atoms with Crippen molar-refractivity contribution in [3.8, 4) is 11.3 Å². The van der Waals surface area contributed by atoms with Gasteiger partial charge in [0.25, 0.3) is 0 Å². The van der Waals surface area contributed by atoms with E-state index >= 15 is 0 Å². The number of nitrogens with zero attached hydrogens (tertiary/aromatic N) is 1. The van der Waals surface area contributed by atoms with Crippen LogP contribution in [0.25, 0.3) is 11.3 Å². The van der Waals surface area contributed by atoms with Gasteiger partial charge in [-0.2, -0.15) is 0 Å². The van der Waals surface area contributed by atoms with E-state index in [0.29, 0.717) is 12.3 Å². The van der Waals surface area contributed by atoms with Gasteiger partial charge in [-0.05, 0) is 12.1 Å². The molecule has 0 aliphatic carbocycles. The van der Waals surface area contributed by atoms with Gasteiger partial charge < -0.3 is 9.52 Å². The summed E-state index contributed by atoms with van der Waals surface area (Å²) in [5.41, 5.74) is 1.80. The van der Waals surface area contributed by atoms with Crippen molar-refractivity contribution < 1.29 is 9.52 Å². The van der Waals surface area contributed by atoms with E-state index in [2.05, 4.69) is 20.9 Å². The third-order valence-electron chi connectivity index (χ3n) is 2.02. The maximum Gasteiger partial charge on any atom is 0.196 e. The molecule has 4 heteroatoms. The van der Waals surface area contributed by atoms with Gasteiger partial charge in [0, 0.05) is 16.5 Å². The van der Waals surface area contributed by atoms with Gasteiger partial charge in [0.1, 0.15) is 12.0 Å². The van der Waals surface area contributed by atoms with Crippen LogP contribution in [0.2, 0.25) is 0 Å². The maximum absolute atomic E-state index is 8.73. The molecule has 0 amide bonds. The number of aromatic nitrogens is 1. The van der Waals surface area contributed by atoms with E-state index in [4.69, 9.17) is 9.52 Å². The number of rotatable bonds is 3. The van der Waals surface area contributed by atoms with E-state index < -0.39 is 0 Å². The van der Waals surface area contributed by atoms with Crippen LogP contribution in [0.15, 0.2) is 39.4 Å². The molecule has 1 aromatic carbocycles. The summed E-state index contributed by atoms with van der Waals surface area (Å²) in [5, 5.41) is 8.73. The molecule has 3 nitrogen and oxygen atoms in total. The van der Waals surface area contributed by atoms with Crippen LogP contribution in [0.3, 0.4) is 0 Å². The summed E-state index contributed by atoms with van der Waals surface area (Å²) in [6.07, 6.45) is 2.06. The van der Waals surface area contributed by atoms with E-state index in [1.54, 1.807) is 6.26 Å². The molecule has 0 unspecified atom stereocenters. The van der Waals surface area contributed by atoms with Crippen molar-refractivity contribution >= 4 is 15.9 Å². The minimum atomic E-state index is 0.0558. The maximum atomic E-state index is 8.73. The molecule has 0 fully saturated rings. The summed E-state index contributed by atoms with van der Waals surface area (Å²) < 4.78 is 6.24. The molecule has 0 aliphatic heterocycles. The van der Waals surface area contributed by atoms with Crippen LogP contribution >= 0.6 is 15.9 Å². The Morgan fingerprint density at radius 2 is 2.00 bits per heavy atom. The number of hydrogen-bond acceptors (Lipinski definition) is 3. The lowest BCUT2D eigenvalue weighted by Gasteiger charge is -1.94. The van der Waals surface area contributed by atoms with Gasteiger partial charge in [-0.25, -0.2) is 4.98 Å². The van der Waals surface area contributed by atoms with Crippen molar-refractivity contribution in [3.05, 3.63) is 40.9 Å². The van der Waals surface area contributed by atoms with Gasteiger partial charge in [-0.15, -0.1) is 0 Å². The number of oxazole rings is 1. The highest BCUT2D eigenvalue weighted by molar-refractivity contribution is 9.10. The Morgan fingerprint density at radius 3 is 2.67 bits per heavy atom. The number of aliphatic hydroxyl groups is 1. The first kappa shape index (κ1) is 10.4. The largest absolute Gasteiger partial charge is 0.448 e. The zero-order chi connectivity index (χ0) is 10.7. The van der Waals surface area contributed by atoms with Crippen molar-refractivity contribution in [1.82, 2.24) is 4.98 Å². The number of aliphatic hydroxyl groups excluding tert-OH is 1. The van der Waals surface area contributed by atoms with E-state index in [0.717, 1.165) is 15.7 Å². The van der Waals surface area contributed by atoms with Crippen molar-refractivity contribution in [2.75, 3.05) is 6.61 Å². The zero-order valence-corrected chi connectivity index (χ0v) is 9.57. The Hall–Kier alpha value is -1.13. The average molecular weight is 268 g/mol. The fraction of sp³-hybridized carbons (Fsp3) is 0.182. The zero-order valence-electron chi connectivity index (χ0n) is 7.98. The molecular weight excluding hydrogens is 258 g/mol. The molecule has 0 saturated heterocycles. The van der Waals surface area contributed by atoms with Gasteiger partial charge in [0.15, 0.2) is 5.89 Å². The van der Waals surface area contributed by atoms with E-state index in [1.165, 1.54) is 0 Å². The minimum absolute atomic E-state index is 0.0558. The Balaban J connectivity index is 2.25. The molecule has 1 aromatic heterocycles. The summed E-state index contributed by atoms with van der Waals surface area (Å²) in [4.78, 5) is 4.26. The van der Waals surface area contributed by atoms with Crippen LogP contribution in [-0.2, 0) is 6.42 Å². The van der Waals surface area contributed by atoms with Gasteiger partial charge in [-0.3, -0.25) is 0 Å². The Bertz CT molecular complexity index is 436. The standard InChI is InChI=1S/C11H10BrNO2/c12-9-3-1-8(2-4-9)10-7-15-11(13-10)5-6-14/h1-4,7,14H,5-6H2. The molecule has 2 rings (SSSR count). The summed E-state index contributed by atoms with van der Waals surface area (Å²) in [6.45, 7) is 0.0558. The molecule has 15 heavy (non-hydrogen) atoms. The quantitative estimate of drug-likeness (QED) is 0.930. The summed E-state index contributed by atoms with van der Waals surface area (Å²) in [7, 11) is 0. The molecule has 1 N–H and O–H groups in total. The number of hydrogen-bond donors (Lipinski definition) is 1. The molecule has 0 aliphatic rings. The van der Waals surface area contributed by atoms with Gasteiger partial charge >= 0.3 is 0 Å². The first-order valence-corrected chi connectivity index (χ1v) is 5.40. The van der Waals surface area contributed by atoms with Gasteiger partial charge in [0.2, 0.25) is 0 Å². The predicted octanol–water partition coefficient (Wildman–Crippen LogP) is 2.64. The average Bonchev–Trinajstić information content (AvgIpc) is 2.68. The highest BCUT2D eigenvalue weighted by atomic mass is 79.9. The lowest BCUT2D eigenvalue weighted by molar-refractivity contribution is 0.285. The third-order valence-corrected chi connectivity index (χ3v) is 2.55. The van der Waals surface area contributed by atoms with Crippen LogP contribution in [0, 0.1) is 0 Å². The molecule has 0 atom stereocenters. The monoisotopic (exact) mass is 267 g/mol. The molecular formula is C11H10BrNO2. The predicted molar refractivity (Wildman–Crippen MR) is 60.4 cm³/mol. The van der Waals surface area contributed by atoms with Crippen LogP contribution in [-0.4, -0.2) is 16.7 Å². The second kappa shape index (κ2) is 4.59. The molecule has 78 valence electrons. The summed E-state index contributed by atoms with van der Waals surface area (Å²) in [6, 6.07) is 7.83. The van der Waals surface area contributed by atoms with Crippen molar-refractivity contribution in [2.45, 2.75) is 6.42 Å². The lowest BCUT2D eigenvalue weighted by atomic mass is 10.2. The van der Waals surface area contributed by atoms with Crippen LogP contribution < -0.4 is 0 Å². The highest BCUT2D eigenvalue weighted by Crippen LogP contribution is 2.21. The molecule has 0 saturated carbocycles. The summed E-state index contributed by atoms with van der Waals surface area (Å²) >= 11 is 3.37. The molecule has 0 radical (unpaired) electrons. The molecule has 1 heterocycles. The van der Waals surface area contributed by atoms with Crippen LogP contribution in [0.1, 0.15) is 5.89 Å². The van der Waals surface area contributed by atoms with Crippen LogP contribution in [0.4, 0.5) is 0 Å². The van der Waals surface area contributed by atoms with Gasteiger partial charge in [-0.1, -0.05) is 28.1 Å². The van der Waals surface area contributed by atoms with E-state index in [-0.39, 0.29) is 6.61 Å². The van der Waals surface area contributed by atoms with Crippen LogP contribution in [0.5, 0.6) is 0 Å². The minimum Gasteiger partial charge on any atom is -0.448 e. The van der Waals surface area contributed by atoms with Gasteiger partial charge in [0.05, 0.1) is 6.61 Å². The Labute approximate surface area is 95.9 Å². The van der Waals surface area contributed by atoms with E-state index in [9.17, 15) is 0 Å². The second-order valence-electron chi connectivity index (χ2n) is 3.11. The van der Waals surface area contributed by atoms with Crippen molar-refractivity contribution in [1.29, 1.82) is 0 Å². The second-order valence-corrected chi connectivity index (χ2v) is 4.02. The summed E-state index contributed by atoms with van der Waals surface area (Å²) in [5.74, 6) is 0.565. The van der Waals surface area contributed by atoms with E-state index in [1.807, 2.05) is 24.3 Å². The number of halogens is 1. The first-order valence-electron chi connectivity index (χ1n) is 4.61. The normalized spacial score (nSPS) is 10.5. The molecule has 2 aromatic rings. The SMILES string of the molecule is OCCc1nc(-c2ccc(Br)cc2)co1. The lowest BCUT2D eigenvalue weighted by Crippen LogP contribution is -1.90. The third kappa shape index (κ3) is 2.46. The fourth-order valence-electron chi connectivity index (χ4n) is 1.27. The fourth-order valence-corrected chi connectivity index (χ4v) is 1.54. The topological polar surface area (TPSA) is 46.3 Å². The van der Waals surface area contributed by atoms with Crippen molar-refractivity contribution in [3.63, 3.8) is 0 Å². The number of benzene rings is 1. The molecule has 0 spiro atoms. The Morgan fingerprint density at radius 1 is 1.27 bits per heavy atom. The molecule has 0 bridgehead atoms. The first-order chi connectivity index (χ1) is 7.29. The smallest absolute Gasteiger partial charge is 0.196 e.